The first kappa shape index (κ1) is 19.1. The van der Waals surface area contributed by atoms with Crippen molar-refractivity contribution < 1.29 is 19.3 Å². The molecule has 30 heavy (non-hydrogen) atoms. The molecule has 0 radical (unpaired) electrons. The lowest BCUT2D eigenvalue weighted by atomic mass is 10.2. The summed E-state index contributed by atoms with van der Waals surface area (Å²) in [6, 6.07) is 7.88. The maximum absolute atomic E-state index is 12.9. The van der Waals surface area contributed by atoms with Crippen molar-refractivity contribution in [2.24, 2.45) is 5.10 Å². The van der Waals surface area contributed by atoms with Gasteiger partial charge in [-0.3, -0.25) is 4.79 Å². The Kier molecular flexibility index (Phi) is 4.66. The van der Waals surface area contributed by atoms with Gasteiger partial charge in [-0.1, -0.05) is 0 Å². The number of methoxy groups -OCH3 is 3. The number of nitrogens with zero attached hydrogens (tertiary/aromatic N) is 2. The van der Waals surface area contributed by atoms with Crippen LogP contribution >= 0.6 is 0 Å². The van der Waals surface area contributed by atoms with E-state index in [1.807, 2.05) is 0 Å². The number of fused-ring (bicyclic) bond motifs is 3. The minimum absolute atomic E-state index is 0.0324. The Balaban J connectivity index is 1.87. The molecule has 2 aromatic heterocycles. The molecule has 0 spiro atoms. The maximum Gasteiger partial charge on any atom is 0.350 e. The van der Waals surface area contributed by atoms with Gasteiger partial charge in [0, 0.05) is 11.5 Å². The van der Waals surface area contributed by atoms with Crippen LogP contribution in [0.5, 0.6) is 23.0 Å². The average molecular weight is 410 g/mol. The van der Waals surface area contributed by atoms with Crippen molar-refractivity contribution in [2.45, 2.75) is 0 Å². The Morgan fingerprint density at radius 2 is 1.63 bits per heavy atom. The predicted octanol–water partition coefficient (Wildman–Crippen LogP) is 1.78. The molecule has 0 saturated carbocycles. The fourth-order valence-corrected chi connectivity index (χ4v) is 3.17. The second-order valence-electron chi connectivity index (χ2n) is 6.35. The summed E-state index contributed by atoms with van der Waals surface area (Å²) in [5.74, 6) is 1.16. The van der Waals surface area contributed by atoms with E-state index in [1.54, 1.807) is 18.2 Å². The van der Waals surface area contributed by atoms with Gasteiger partial charge >= 0.3 is 11.2 Å². The van der Waals surface area contributed by atoms with Crippen LogP contribution in [-0.2, 0) is 0 Å². The number of nitrogens with one attached hydrogen (secondary N) is 2. The molecule has 2 heterocycles. The molecule has 10 heteroatoms. The van der Waals surface area contributed by atoms with Crippen LogP contribution in [0, 0.1) is 0 Å². The van der Waals surface area contributed by atoms with Crippen LogP contribution in [0.15, 0.2) is 45.0 Å². The lowest BCUT2D eigenvalue weighted by molar-refractivity contribution is 0.356. The number of ether oxygens (including phenoxy) is 3. The number of benzene rings is 2. The Morgan fingerprint density at radius 1 is 0.933 bits per heavy atom. The third-order valence-electron chi connectivity index (χ3n) is 4.66. The molecule has 0 bridgehead atoms. The molecule has 4 aromatic rings. The van der Waals surface area contributed by atoms with E-state index in [0.29, 0.717) is 38.2 Å². The molecule has 0 atom stereocenters. The zero-order valence-corrected chi connectivity index (χ0v) is 16.3. The molecule has 4 rings (SSSR count). The number of phenolic OH excluding ortho intramolecular Hbond substituents is 1. The molecule has 0 fully saturated rings. The van der Waals surface area contributed by atoms with Crippen molar-refractivity contribution in [3.05, 3.63) is 56.7 Å². The van der Waals surface area contributed by atoms with E-state index in [2.05, 4.69) is 15.1 Å². The first-order valence-electron chi connectivity index (χ1n) is 8.81. The van der Waals surface area contributed by atoms with Crippen LogP contribution in [0.4, 0.5) is 0 Å². The molecule has 3 N–H and O–H groups in total. The van der Waals surface area contributed by atoms with Crippen molar-refractivity contribution in [1.29, 1.82) is 0 Å². The molecular formula is C20H18N4O6. The van der Waals surface area contributed by atoms with Gasteiger partial charge in [0.1, 0.15) is 5.52 Å². The lowest BCUT2D eigenvalue weighted by Gasteiger charge is -2.06. The lowest BCUT2D eigenvalue weighted by Crippen LogP contribution is -2.32. The number of rotatable bonds is 5. The monoisotopic (exact) mass is 410 g/mol. The Hall–Kier alpha value is -4.21. The summed E-state index contributed by atoms with van der Waals surface area (Å²) in [4.78, 5) is 31.1. The standard InChI is InChI=1S/C20H18N4O6/c1-28-14-6-10(4-5-13(14)25)9-21-24-19(26)18-17(23-20(24)27)11-7-15(29-2)16(30-3)8-12(11)22-18/h4-9,22,25H,1-3H3,(H,23,27)/b21-9+. The van der Waals surface area contributed by atoms with Crippen molar-refractivity contribution in [1.82, 2.24) is 14.6 Å². The van der Waals surface area contributed by atoms with E-state index in [-0.39, 0.29) is 17.0 Å². The summed E-state index contributed by atoms with van der Waals surface area (Å²) in [5.41, 5.74) is 0.330. The smallest absolute Gasteiger partial charge is 0.350 e. The summed E-state index contributed by atoms with van der Waals surface area (Å²) >= 11 is 0. The molecular weight excluding hydrogens is 392 g/mol. The zero-order valence-electron chi connectivity index (χ0n) is 16.3. The van der Waals surface area contributed by atoms with E-state index in [9.17, 15) is 14.7 Å². The Morgan fingerprint density at radius 3 is 2.33 bits per heavy atom. The van der Waals surface area contributed by atoms with E-state index >= 15 is 0 Å². The summed E-state index contributed by atoms with van der Waals surface area (Å²) < 4.78 is 16.3. The van der Waals surface area contributed by atoms with Gasteiger partial charge in [-0.15, -0.1) is 4.68 Å². The normalized spacial score (nSPS) is 11.4. The molecule has 0 amide bonds. The number of phenols is 1. The SMILES string of the molecule is COc1cc(/C=N/n2c(=O)[nH]c3c([nH]c4cc(OC)c(OC)cc43)c2=O)ccc1O. The average Bonchev–Trinajstić information content (AvgIpc) is 3.11. The highest BCUT2D eigenvalue weighted by atomic mass is 16.5. The van der Waals surface area contributed by atoms with Gasteiger partial charge in [0.15, 0.2) is 23.0 Å². The topological polar surface area (TPSA) is 131 Å². The minimum Gasteiger partial charge on any atom is -0.504 e. The Bertz CT molecular complexity index is 1410. The summed E-state index contributed by atoms with van der Waals surface area (Å²) in [5, 5.41) is 14.3. The molecule has 10 nitrogen and oxygen atoms in total. The van der Waals surface area contributed by atoms with E-state index in [4.69, 9.17) is 14.2 Å². The number of hydrogen-bond donors (Lipinski definition) is 3. The van der Waals surface area contributed by atoms with Gasteiger partial charge in [0.25, 0.3) is 0 Å². The van der Waals surface area contributed by atoms with Crippen LogP contribution in [-0.4, -0.2) is 47.3 Å². The summed E-state index contributed by atoms with van der Waals surface area (Å²) in [7, 11) is 4.43. The van der Waals surface area contributed by atoms with Crippen LogP contribution in [0.2, 0.25) is 0 Å². The van der Waals surface area contributed by atoms with E-state index < -0.39 is 11.2 Å². The van der Waals surface area contributed by atoms with Crippen LogP contribution in [0.1, 0.15) is 5.56 Å². The fourth-order valence-electron chi connectivity index (χ4n) is 3.17. The zero-order chi connectivity index (χ0) is 21.4. The molecule has 0 aliphatic carbocycles. The van der Waals surface area contributed by atoms with Crippen molar-refractivity contribution in [3.63, 3.8) is 0 Å². The van der Waals surface area contributed by atoms with E-state index in [1.165, 1.54) is 39.7 Å². The molecule has 154 valence electrons. The quantitative estimate of drug-likeness (QED) is 0.430. The molecule has 0 unspecified atom stereocenters. The first-order valence-corrected chi connectivity index (χ1v) is 8.81. The van der Waals surface area contributed by atoms with Crippen LogP contribution < -0.4 is 25.5 Å². The summed E-state index contributed by atoms with van der Waals surface area (Å²) in [6.07, 6.45) is 1.32. The second-order valence-corrected chi connectivity index (χ2v) is 6.35. The molecule has 0 aliphatic heterocycles. The minimum atomic E-state index is -0.704. The third kappa shape index (κ3) is 3.04. The van der Waals surface area contributed by atoms with Gasteiger partial charge in [-0.05, 0) is 29.8 Å². The highest BCUT2D eigenvalue weighted by Crippen LogP contribution is 2.34. The van der Waals surface area contributed by atoms with Crippen molar-refractivity contribution in [3.8, 4) is 23.0 Å². The molecule has 0 saturated heterocycles. The van der Waals surface area contributed by atoms with Crippen LogP contribution in [0.3, 0.4) is 0 Å². The largest absolute Gasteiger partial charge is 0.504 e. The van der Waals surface area contributed by atoms with Crippen molar-refractivity contribution in [2.75, 3.05) is 21.3 Å². The first-order chi connectivity index (χ1) is 14.5. The number of aromatic nitrogens is 3. The van der Waals surface area contributed by atoms with Gasteiger partial charge in [0.2, 0.25) is 0 Å². The highest BCUT2D eigenvalue weighted by molar-refractivity contribution is 6.05. The van der Waals surface area contributed by atoms with Crippen molar-refractivity contribution >= 4 is 28.2 Å². The third-order valence-corrected chi connectivity index (χ3v) is 4.66. The van der Waals surface area contributed by atoms with E-state index in [0.717, 1.165) is 0 Å². The maximum atomic E-state index is 12.9. The van der Waals surface area contributed by atoms with Gasteiger partial charge in [0.05, 0.1) is 38.6 Å². The van der Waals surface area contributed by atoms with Gasteiger partial charge in [-0.25, -0.2) is 4.79 Å². The second kappa shape index (κ2) is 7.32. The molecule has 2 aromatic carbocycles. The van der Waals surface area contributed by atoms with Gasteiger partial charge < -0.3 is 29.3 Å². The Labute approximate surface area is 168 Å². The van der Waals surface area contributed by atoms with Gasteiger partial charge in [-0.2, -0.15) is 5.10 Å². The summed E-state index contributed by atoms with van der Waals surface area (Å²) in [6.45, 7) is 0. The number of aromatic hydroxyl groups is 1. The molecule has 0 aliphatic rings. The number of H-pyrrole nitrogens is 2. The highest BCUT2D eigenvalue weighted by Gasteiger charge is 2.16. The number of aromatic amines is 2. The predicted molar refractivity (Wildman–Crippen MR) is 111 cm³/mol. The number of hydrogen-bond acceptors (Lipinski definition) is 7. The fraction of sp³-hybridized carbons (Fsp3) is 0.150. The van der Waals surface area contributed by atoms with Crippen LogP contribution in [0.25, 0.3) is 21.9 Å².